The van der Waals surface area contributed by atoms with Gasteiger partial charge in [-0.3, -0.25) is 9.59 Å². The van der Waals surface area contributed by atoms with Crippen LogP contribution in [0.25, 0.3) is 0 Å². The number of carboxylic acid groups (broad SMARTS) is 2. The number of aromatic amines is 1. The maximum Gasteiger partial charge on any atom is 0.320 e. The molecule has 106 valence electrons. The highest BCUT2D eigenvalue weighted by atomic mass is 16.4. The number of nitrogens with one attached hydrogen (secondary N) is 1. The Bertz CT molecular complexity index is 446. The lowest BCUT2D eigenvalue weighted by molar-refractivity contribution is -0.696. The van der Waals surface area contributed by atoms with Gasteiger partial charge in [-0.05, 0) is 12.8 Å². The molecular formula is C11H19N4O4+. The number of H-pyrrole nitrogens is 1. The highest BCUT2D eigenvalue weighted by Gasteiger charge is 2.17. The first kappa shape index (κ1) is 15.1. The topological polar surface area (TPSA) is 146 Å². The van der Waals surface area contributed by atoms with Crippen LogP contribution in [0.2, 0.25) is 0 Å². The summed E-state index contributed by atoms with van der Waals surface area (Å²) in [5, 5.41) is 17.3. The second-order valence-corrected chi connectivity index (χ2v) is 4.40. The summed E-state index contributed by atoms with van der Waals surface area (Å²) >= 11 is 0. The number of nitrogens with zero attached hydrogens (tertiary/aromatic N) is 1. The third kappa shape index (κ3) is 5.06. The van der Waals surface area contributed by atoms with Gasteiger partial charge >= 0.3 is 11.9 Å². The molecule has 7 N–H and O–H groups in total. The Balaban J connectivity index is 2.39. The van der Waals surface area contributed by atoms with Crippen molar-refractivity contribution in [2.45, 2.75) is 37.9 Å². The van der Waals surface area contributed by atoms with E-state index in [4.69, 9.17) is 21.7 Å². The number of rotatable bonds is 8. The summed E-state index contributed by atoms with van der Waals surface area (Å²) in [6.45, 7) is 0.611. The molecule has 1 heterocycles. The van der Waals surface area contributed by atoms with E-state index in [2.05, 4.69) is 4.98 Å². The van der Waals surface area contributed by atoms with Crippen molar-refractivity contribution in [2.24, 2.45) is 11.5 Å². The second kappa shape index (κ2) is 6.86. The van der Waals surface area contributed by atoms with E-state index >= 15 is 0 Å². The Labute approximate surface area is 110 Å². The summed E-state index contributed by atoms with van der Waals surface area (Å²) in [5.41, 5.74) is 11.5. The zero-order valence-corrected chi connectivity index (χ0v) is 10.5. The first-order valence-electron chi connectivity index (χ1n) is 5.93. The van der Waals surface area contributed by atoms with Crippen LogP contribution in [-0.2, 0) is 22.6 Å². The van der Waals surface area contributed by atoms with Crippen LogP contribution >= 0.6 is 0 Å². The molecule has 19 heavy (non-hydrogen) atoms. The highest BCUT2D eigenvalue weighted by molar-refractivity contribution is 5.73. The van der Waals surface area contributed by atoms with Crippen molar-refractivity contribution in [3.05, 3.63) is 18.2 Å². The minimum absolute atomic E-state index is 0.219. The van der Waals surface area contributed by atoms with E-state index in [1.54, 1.807) is 12.5 Å². The van der Waals surface area contributed by atoms with Crippen LogP contribution in [0, 0.1) is 0 Å². The fourth-order valence-corrected chi connectivity index (χ4v) is 1.62. The lowest BCUT2D eigenvalue weighted by Gasteiger charge is -2.03. The molecule has 0 fully saturated rings. The van der Waals surface area contributed by atoms with Crippen LogP contribution < -0.4 is 16.0 Å². The summed E-state index contributed by atoms with van der Waals surface area (Å²) < 4.78 is 1.82. The minimum atomic E-state index is -1.05. The molecule has 1 aromatic rings. The Morgan fingerprint density at radius 2 is 1.89 bits per heavy atom. The summed E-state index contributed by atoms with van der Waals surface area (Å²) in [4.78, 5) is 24.1. The largest absolute Gasteiger partial charge is 0.480 e. The zero-order chi connectivity index (χ0) is 14.4. The Kier molecular flexibility index (Phi) is 5.46. The van der Waals surface area contributed by atoms with Crippen LogP contribution in [0.15, 0.2) is 12.5 Å². The van der Waals surface area contributed by atoms with Crippen LogP contribution in [0.4, 0.5) is 0 Å². The lowest BCUT2D eigenvalue weighted by Crippen LogP contribution is -2.35. The van der Waals surface area contributed by atoms with Crippen molar-refractivity contribution < 1.29 is 24.4 Å². The van der Waals surface area contributed by atoms with Crippen LogP contribution in [0.3, 0.4) is 0 Å². The van der Waals surface area contributed by atoms with E-state index in [1.807, 2.05) is 4.57 Å². The molecule has 0 aliphatic rings. The van der Waals surface area contributed by atoms with E-state index in [-0.39, 0.29) is 6.42 Å². The quantitative estimate of drug-likeness (QED) is 0.362. The van der Waals surface area contributed by atoms with Gasteiger partial charge in [0.25, 0.3) is 0 Å². The molecule has 0 bridgehead atoms. The molecule has 1 aromatic heterocycles. The molecule has 0 saturated heterocycles. The number of aryl methyl sites for hydroxylation is 1. The fourth-order valence-electron chi connectivity index (χ4n) is 1.62. The third-order valence-electron chi connectivity index (χ3n) is 2.74. The minimum Gasteiger partial charge on any atom is -0.480 e. The van der Waals surface area contributed by atoms with E-state index < -0.39 is 24.0 Å². The predicted molar refractivity (Wildman–Crippen MR) is 65.1 cm³/mol. The van der Waals surface area contributed by atoms with Gasteiger partial charge in [-0.2, -0.15) is 0 Å². The number of hydrogen-bond acceptors (Lipinski definition) is 4. The van der Waals surface area contributed by atoms with Crippen molar-refractivity contribution in [3.63, 3.8) is 0 Å². The number of carboxylic acids is 2. The Morgan fingerprint density at radius 3 is 2.47 bits per heavy atom. The molecule has 8 nitrogen and oxygen atoms in total. The molecule has 0 aromatic carbocycles. The van der Waals surface area contributed by atoms with E-state index in [9.17, 15) is 9.59 Å². The van der Waals surface area contributed by atoms with Crippen LogP contribution in [0.5, 0.6) is 0 Å². The van der Waals surface area contributed by atoms with Gasteiger partial charge in [-0.15, -0.1) is 0 Å². The summed E-state index contributed by atoms with van der Waals surface area (Å²) in [6, 6.07) is -1.79. The lowest BCUT2D eigenvalue weighted by atomic mass is 10.1. The number of aliphatic carboxylic acids is 2. The summed E-state index contributed by atoms with van der Waals surface area (Å²) in [7, 11) is 0. The van der Waals surface area contributed by atoms with Gasteiger partial charge in [0, 0.05) is 6.42 Å². The standard InChI is InChI=1S/C11H18N4O4/c12-8(10(16)17)2-1-3-15-5-7(14-6-15)4-9(13)11(18)19/h5-6,8-9H,1-4,12-13H2,(H2,16,17,18,19)/p+1/t8-,9-/m0/s1. The van der Waals surface area contributed by atoms with Crippen LogP contribution in [0.1, 0.15) is 18.5 Å². The molecule has 2 atom stereocenters. The molecular weight excluding hydrogens is 252 g/mol. The maximum absolute atomic E-state index is 10.6. The van der Waals surface area contributed by atoms with Gasteiger partial charge in [0.15, 0.2) is 0 Å². The molecule has 0 amide bonds. The van der Waals surface area contributed by atoms with Crippen LogP contribution in [-0.4, -0.2) is 39.2 Å². The highest BCUT2D eigenvalue weighted by Crippen LogP contribution is 1.98. The van der Waals surface area contributed by atoms with Crippen molar-refractivity contribution in [1.82, 2.24) is 4.98 Å². The van der Waals surface area contributed by atoms with Crippen molar-refractivity contribution in [3.8, 4) is 0 Å². The van der Waals surface area contributed by atoms with Gasteiger partial charge in [-0.25, -0.2) is 9.55 Å². The summed E-state index contributed by atoms with van der Waals surface area (Å²) in [5.74, 6) is -2.05. The number of hydrogen-bond donors (Lipinski definition) is 5. The van der Waals surface area contributed by atoms with Gasteiger partial charge in [0.05, 0.1) is 6.54 Å². The first-order chi connectivity index (χ1) is 8.90. The second-order valence-electron chi connectivity index (χ2n) is 4.40. The van der Waals surface area contributed by atoms with Crippen molar-refractivity contribution in [2.75, 3.05) is 0 Å². The Hall–Kier alpha value is -1.93. The average Bonchev–Trinajstić information content (AvgIpc) is 2.76. The molecule has 0 unspecified atom stereocenters. The molecule has 0 aliphatic heterocycles. The van der Waals surface area contributed by atoms with E-state index in [0.29, 0.717) is 19.4 Å². The number of nitrogens with two attached hydrogens (primary N) is 2. The number of carbonyl (C=O) groups is 2. The fraction of sp³-hybridized carbons (Fsp3) is 0.545. The number of imidazole rings is 1. The van der Waals surface area contributed by atoms with Crippen molar-refractivity contribution >= 4 is 11.9 Å². The first-order valence-corrected chi connectivity index (χ1v) is 5.93. The van der Waals surface area contributed by atoms with E-state index in [0.717, 1.165) is 5.69 Å². The molecule has 8 heteroatoms. The molecule has 0 spiro atoms. The SMILES string of the molecule is N[C@@H](CCC[n+]1c[nH]c(C[C@H](N)C(=O)O)c1)C(=O)O. The predicted octanol–water partition coefficient (Wildman–Crippen LogP) is -1.55. The normalized spacial score (nSPS) is 14.0. The smallest absolute Gasteiger partial charge is 0.320 e. The van der Waals surface area contributed by atoms with Gasteiger partial charge in [0.2, 0.25) is 6.33 Å². The zero-order valence-electron chi connectivity index (χ0n) is 10.5. The van der Waals surface area contributed by atoms with Gasteiger partial charge in [-0.1, -0.05) is 0 Å². The van der Waals surface area contributed by atoms with Crippen molar-refractivity contribution in [1.29, 1.82) is 0 Å². The van der Waals surface area contributed by atoms with E-state index in [1.165, 1.54) is 0 Å². The third-order valence-corrected chi connectivity index (χ3v) is 2.74. The maximum atomic E-state index is 10.6. The molecule has 0 saturated carbocycles. The molecule has 1 rings (SSSR count). The van der Waals surface area contributed by atoms with Gasteiger partial charge < -0.3 is 21.7 Å². The average molecular weight is 271 g/mol. The molecule has 0 aliphatic carbocycles. The monoisotopic (exact) mass is 271 g/mol. The Morgan fingerprint density at radius 1 is 1.26 bits per heavy atom. The molecule has 0 radical (unpaired) electrons. The van der Waals surface area contributed by atoms with Gasteiger partial charge in [0.1, 0.15) is 24.0 Å². The number of aromatic nitrogens is 2. The summed E-state index contributed by atoms with van der Waals surface area (Å²) in [6.07, 6.45) is 4.68.